The molecule has 1 unspecified atom stereocenters. The van der Waals surface area contributed by atoms with Crippen LogP contribution in [0.2, 0.25) is 0 Å². The van der Waals surface area contributed by atoms with E-state index in [2.05, 4.69) is 26.1 Å². The monoisotopic (exact) mass is 225 g/mol. The van der Waals surface area contributed by atoms with Crippen molar-refractivity contribution in [1.82, 2.24) is 5.32 Å². The van der Waals surface area contributed by atoms with Crippen molar-refractivity contribution in [2.24, 2.45) is 5.92 Å². The van der Waals surface area contributed by atoms with Crippen LogP contribution in [-0.4, -0.2) is 12.1 Å². The van der Waals surface area contributed by atoms with E-state index in [0.29, 0.717) is 5.54 Å². The molecule has 1 fully saturated rings. The van der Waals surface area contributed by atoms with Crippen LogP contribution < -0.4 is 5.32 Å². The maximum Gasteiger partial charge on any atom is 0.0184 e. The van der Waals surface area contributed by atoms with Gasteiger partial charge in [0, 0.05) is 5.54 Å². The molecular formula is C15H31N. The topological polar surface area (TPSA) is 12.0 Å². The molecule has 0 spiro atoms. The fraction of sp³-hybridized carbons (Fsp3) is 1.00. The lowest BCUT2D eigenvalue weighted by atomic mass is 9.83. The lowest BCUT2D eigenvalue weighted by Gasteiger charge is -2.31. The summed E-state index contributed by atoms with van der Waals surface area (Å²) >= 11 is 0. The Bertz CT molecular complexity index is 168. The average molecular weight is 225 g/mol. The first-order chi connectivity index (χ1) is 7.68. The molecule has 0 amide bonds. The van der Waals surface area contributed by atoms with E-state index >= 15 is 0 Å². The highest BCUT2D eigenvalue weighted by molar-refractivity contribution is 4.93. The Labute approximate surface area is 102 Å². The Kier molecular flexibility index (Phi) is 6.41. The smallest absolute Gasteiger partial charge is 0.0184 e. The maximum absolute atomic E-state index is 3.79. The molecule has 1 nitrogen and oxygen atoms in total. The van der Waals surface area contributed by atoms with Crippen LogP contribution in [-0.2, 0) is 0 Å². The molecule has 1 rings (SSSR count). The predicted octanol–water partition coefficient (Wildman–Crippen LogP) is 4.52. The zero-order valence-electron chi connectivity index (χ0n) is 11.6. The highest BCUT2D eigenvalue weighted by atomic mass is 15.0. The summed E-state index contributed by atoms with van der Waals surface area (Å²) < 4.78 is 0. The van der Waals surface area contributed by atoms with Crippen LogP contribution in [0.15, 0.2) is 0 Å². The Balaban J connectivity index is 2.22. The third-order valence-electron chi connectivity index (χ3n) is 3.89. The van der Waals surface area contributed by atoms with E-state index in [1.165, 1.54) is 64.3 Å². The van der Waals surface area contributed by atoms with Crippen molar-refractivity contribution in [2.75, 3.05) is 6.54 Å². The Hall–Kier alpha value is -0.0400. The van der Waals surface area contributed by atoms with Crippen molar-refractivity contribution in [2.45, 2.75) is 84.1 Å². The van der Waals surface area contributed by atoms with Gasteiger partial charge in [-0.2, -0.15) is 0 Å². The first kappa shape index (κ1) is 14.0. The second-order valence-electron chi connectivity index (χ2n) is 6.07. The summed E-state index contributed by atoms with van der Waals surface area (Å²) in [5.74, 6) is 0.834. The van der Waals surface area contributed by atoms with Crippen molar-refractivity contribution in [3.63, 3.8) is 0 Å². The minimum Gasteiger partial charge on any atom is -0.311 e. The van der Waals surface area contributed by atoms with Gasteiger partial charge in [-0.05, 0) is 38.1 Å². The molecule has 0 bridgehead atoms. The maximum atomic E-state index is 3.79. The van der Waals surface area contributed by atoms with Gasteiger partial charge in [-0.3, -0.25) is 0 Å². The molecule has 1 saturated heterocycles. The molecular weight excluding hydrogens is 194 g/mol. The van der Waals surface area contributed by atoms with E-state index in [-0.39, 0.29) is 0 Å². The van der Waals surface area contributed by atoms with Crippen LogP contribution in [0.4, 0.5) is 0 Å². The Morgan fingerprint density at radius 2 is 1.88 bits per heavy atom. The standard InChI is InChI=1S/C15H31N/c1-4-5-6-7-8-10-15(13-14(2)3)11-9-12-16-15/h14,16H,4-13H2,1-3H3. The number of hydrogen-bond donors (Lipinski definition) is 1. The number of nitrogens with one attached hydrogen (secondary N) is 1. The minimum absolute atomic E-state index is 0.514. The second kappa shape index (κ2) is 7.32. The van der Waals surface area contributed by atoms with Crippen LogP contribution in [0.25, 0.3) is 0 Å². The second-order valence-corrected chi connectivity index (χ2v) is 6.07. The van der Waals surface area contributed by atoms with Gasteiger partial charge >= 0.3 is 0 Å². The first-order valence-corrected chi connectivity index (χ1v) is 7.43. The van der Waals surface area contributed by atoms with E-state index in [9.17, 15) is 0 Å². The molecule has 1 N–H and O–H groups in total. The molecule has 1 heteroatoms. The van der Waals surface area contributed by atoms with Gasteiger partial charge in [0.25, 0.3) is 0 Å². The van der Waals surface area contributed by atoms with Crippen LogP contribution >= 0.6 is 0 Å². The van der Waals surface area contributed by atoms with E-state index < -0.39 is 0 Å². The molecule has 0 radical (unpaired) electrons. The van der Waals surface area contributed by atoms with Gasteiger partial charge in [-0.25, -0.2) is 0 Å². The van der Waals surface area contributed by atoms with Gasteiger partial charge < -0.3 is 5.32 Å². The van der Waals surface area contributed by atoms with Crippen LogP contribution in [0.1, 0.15) is 78.6 Å². The summed E-state index contributed by atoms with van der Waals surface area (Å²) in [7, 11) is 0. The molecule has 0 aliphatic carbocycles. The van der Waals surface area contributed by atoms with Gasteiger partial charge in [-0.15, -0.1) is 0 Å². The summed E-state index contributed by atoms with van der Waals surface area (Å²) in [5.41, 5.74) is 0.514. The van der Waals surface area contributed by atoms with Crippen LogP contribution in [0.3, 0.4) is 0 Å². The number of unbranched alkanes of at least 4 members (excludes halogenated alkanes) is 4. The zero-order valence-corrected chi connectivity index (χ0v) is 11.6. The fourth-order valence-electron chi connectivity index (χ4n) is 3.21. The first-order valence-electron chi connectivity index (χ1n) is 7.43. The highest BCUT2D eigenvalue weighted by Gasteiger charge is 2.32. The van der Waals surface area contributed by atoms with E-state index in [1.54, 1.807) is 0 Å². The lowest BCUT2D eigenvalue weighted by molar-refractivity contribution is 0.274. The third-order valence-corrected chi connectivity index (χ3v) is 3.89. The largest absolute Gasteiger partial charge is 0.311 e. The molecule has 1 aliphatic rings. The van der Waals surface area contributed by atoms with Crippen molar-refractivity contribution in [1.29, 1.82) is 0 Å². The van der Waals surface area contributed by atoms with Crippen LogP contribution in [0.5, 0.6) is 0 Å². The molecule has 0 saturated carbocycles. The third kappa shape index (κ3) is 4.86. The molecule has 16 heavy (non-hydrogen) atoms. The summed E-state index contributed by atoms with van der Waals surface area (Å²) in [6.45, 7) is 8.26. The molecule has 0 aromatic carbocycles. The van der Waals surface area contributed by atoms with Gasteiger partial charge in [0.2, 0.25) is 0 Å². The normalized spacial score (nSPS) is 25.5. The van der Waals surface area contributed by atoms with Crippen molar-refractivity contribution < 1.29 is 0 Å². The van der Waals surface area contributed by atoms with Gasteiger partial charge in [0.05, 0.1) is 0 Å². The quantitative estimate of drug-likeness (QED) is 0.599. The summed E-state index contributed by atoms with van der Waals surface area (Å²) in [4.78, 5) is 0. The minimum atomic E-state index is 0.514. The molecule has 1 atom stereocenters. The molecule has 96 valence electrons. The lowest BCUT2D eigenvalue weighted by Crippen LogP contribution is -2.40. The van der Waals surface area contributed by atoms with Crippen molar-refractivity contribution in [3.05, 3.63) is 0 Å². The van der Waals surface area contributed by atoms with Crippen molar-refractivity contribution in [3.8, 4) is 0 Å². The van der Waals surface area contributed by atoms with E-state index in [4.69, 9.17) is 0 Å². The number of rotatable bonds is 8. The van der Waals surface area contributed by atoms with Gasteiger partial charge in [0.1, 0.15) is 0 Å². The van der Waals surface area contributed by atoms with Gasteiger partial charge in [-0.1, -0.05) is 52.9 Å². The molecule has 0 aromatic heterocycles. The Morgan fingerprint density at radius 1 is 1.12 bits per heavy atom. The summed E-state index contributed by atoms with van der Waals surface area (Å²) in [5, 5.41) is 3.79. The number of hydrogen-bond acceptors (Lipinski definition) is 1. The summed E-state index contributed by atoms with van der Waals surface area (Å²) in [6.07, 6.45) is 12.7. The van der Waals surface area contributed by atoms with E-state index in [1.807, 2.05) is 0 Å². The molecule has 0 aromatic rings. The highest BCUT2D eigenvalue weighted by Crippen LogP contribution is 2.32. The van der Waals surface area contributed by atoms with Gasteiger partial charge in [0.15, 0.2) is 0 Å². The molecule has 1 heterocycles. The van der Waals surface area contributed by atoms with Crippen LogP contribution in [0, 0.1) is 5.92 Å². The zero-order chi connectivity index (χ0) is 11.9. The average Bonchev–Trinajstić information content (AvgIpc) is 2.65. The summed E-state index contributed by atoms with van der Waals surface area (Å²) in [6, 6.07) is 0. The predicted molar refractivity (Wildman–Crippen MR) is 72.8 cm³/mol. The fourth-order valence-corrected chi connectivity index (χ4v) is 3.21. The Morgan fingerprint density at radius 3 is 2.44 bits per heavy atom. The van der Waals surface area contributed by atoms with E-state index in [0.717, 1.165) is 5.92 Å². The SMILES string of the molecule is CCCCCCCC1(CC(C)C)CCCN1. The molecule has 1 aliphatic heterocycles. The van der Waals surface area contributed by atoms with Crippen molar-refractivity contribution >= 4 is 0 Å².